The molecule has 1 amide bonds. The number of nitrogens with zero attached hydrogens (tertiary/aromatic N) is 2. The molecular weight excluding hydrogens is 335 g/mol. The maximum atomic E-state index is 13.0. The minimum absolute atomic E-state index is 0.000283. The summed E-state index contributed by atoms with van der Waals surface area (Å²) in [5.74, 6) is -0.249. The number of halogens is 1. The molecule has 0 saturated heterocycles. The van der Waals surface area contributed by atoms with Crippen molar-refractivity contribution in [2.75, 3.05) is 4.90 Å². The maximum absolute atomic E-state index is 13.0. The number of carbonyl (C=O) groups is 1. The molecule has 0 aliphatic carbocycles. The topological polar surface area (TPSA) is 33.2 Å². The number of aromatic nitrogens is 1. The van der Waals surface area contributed by atoms with Crippen molar-refractivity contribution < 1.29 is 9.18 Å². The second-order valence-electron chi connectivity index (χ2n) is 6.28. The summed E-state index contributed by atoms with van der Waals surface area (Å²) in [6, 6.07) is 14.6. The summed E-state index contributed by atoms with van der Waals surface area (Å²) in [7, 11) is 0. The molecule has 3 nitrogen and oxygen atoms in total. The van der Waals surface area contributed by atoms with E-state index in [2.05, 4.69) is 18.0 Å². The molecule has 0 bridgehead atoms. The molecule has 1 aromatic heterocycles. The van der Waals surface area contributed by atoms with Gasteiger partial charge in [0, 0.05) is 18.2 Å². The fourth-order valence-corrected chi connectivity index (χ4v) is 4.15. The molecule has 1 aliphatic rings. The molecule has 1 aliphatic heterocycles. The molecule has 4 rings (SSSR count). The molecule has 1 atom stereocenters. The summed E-state index contributed by atoms with van der Waals surface area (Å²) in [5, 5.41) is 0.857. The lowest BCUT2D eigenvalue weighted by atomic mass is 10.1. The van der Waals surface area contributed by atoms with E-state index in [-0.39, 0.29) is 17.8 Å². The Morgan fingerprint density at radius 3 is 2.80 bits per heavy atom. The van der Waals surface area contributed by atoms with E-state index in [0.717, 1.165) is 22.7 Å². The third-order valence-electron chi connectivity index (χ3n) is 4.46. The van der Waals surface area contributed by atoms with Crippen LogP contribution in [0.1, 0.15) is 32.7 Å². The first-order valence-corrected chi connectivity index (χ1v) is 9.04. The van der Waals surface area contributed by atoms with Crippen LogP contribution in [0, 0.1) is 5.82 Å². The van der Waals surface area contributed by atoms with E-state index < -0.39 is 0 Å². The van der Waals surface area contributed by atoms with E-state index in [0.29, 0.717) is 11.3 Å². The summed E-state index contributed by atoms with van der Waals surface area (Å²) in [6.07, 6.45) is 3.13. The number of benzene rings is 2. The van der Waals surface area contributed by atoms with Gasteiger partial charge in [0.05, 0.1) is 11.2 Å². The largest absolute Gasteiger partial charge is 0.304 e. The van der Waals surface area contributed by atoms with Crippen molar-refractivity contribution in [1.82, 2.24) is 4.98 Å². The van der Waals surface area contributed by atoms with Crippen molar-refractivity contribution in [2.45, 2.75) is 25.8 Å². The predicted octanol–water partition coefficient (Wildman–Crippen LogP) is 4.46. The van der Waals surface area contributed by atoms with Gasteiger partial charge in [-0.1, -0.05) is 30.3 Å². The zero-order chi connectivity index (χ0) is 17.4. The monoisotopic (exact) mass is 352 g/mol. The lowest BCUT2D eigenvalue weighted by Crippen LogP contribution is -2.35. The van der Waals surface area contributed by atoms with Crippen molar-refractivity contribution >= 4 is 22.9 Å². The van der Waals surface area contributed by atoms with Crippen molar-refractivity contribution in [3.05, 3.63) is 81.6 Å². The second kappa shape index (κ2) is 6.41. The first-order valence-electron chi connectivity index (χ1n) is 8.22. The molecule has 0 fully saturated rings. The highest BCUT2D eigenvalue weighted by atomic mass is 32.1. The van der Waals surface area contributed by atoms with E-state index in [4.69, 9.17) is 0 Å². The van der Waals surface area contributed by atoms with E-state index >= 15 is 0 Å². The highest BCUT2D eigenvalue weighted by Crippen LogP contribution is 2.34. The van der Waals surface area contributed by atoms with Gasteiger partial charge in [-0.05, 0) is 42.7 Å². The molecule has 2 aromatic carbocycles. The third-order valence-corrected chi connectivity index (χ3v) is 5.44. The van der Waals surface area contributed by atoms with Crippen molar-refractivity contribution in [3.63, 3.8) is 0 Å². The van der Waals surface area contributed by atoms with Crippen molar-refractivity contribution in [1.29, 1.82) is 0 Å². The van der Waals surface area contributed by atoms with Crippen LogP contribution >= 0.6 is 11.3 Å². The fourth-order valence-electron chi connectivity index (χ4n) is 3.26. The van der Waals surface area contributed by atoms with Gasteiger partial charge >= 0.3 is 0 Å². The van der Waals surface area contributed by atoms with Gasteiger partial charge in [-0.15, -0.1) is 11.3 Å². The Balaban J connectivity index is 1.56. The van der Waals surface area contributed by atoms with Crippen LogP contribution in [-0.4, -0.2) is 16.9 Å². The lowest BCUT2D eigenvalue weighted by molar-refractivity contribution is 0.0985. The van der Waals surface area contributed by atoms with Gasteiger partial charge in [0.15, 0.2) is 0 Å². The summed E-state index contributed by atoms with van der Waals surface area (Å²) >= 11 is 1.41. The van der Waals surface area contributed by atoms with E-state index in [9.17, 15) is 9.18 Å². The number of para-hydroxylation sites is 1. The Kier molecular flexibility index (Phi) is 4.09. The summed E-state index contributed by atoms with van der Waals surface area (Å²) in [5.41, 5.74) is 3.18. The molecule has 0 spiro atoms. The average Bonchev–Trinajstić information content (AvgIpc) is 3.20. The number of hydrogen-bond acceptors (Lipinski definition) is 3. The smallest absolute Gasteiger partial charge is 0.270 e. The van der Waals surface area contributed by atoms with Gasteiger partial charge in [0.2, 0.25) is 0 Å². The first kappa shape index (κ1) is 16.0. The Labute approximate surface area is 149 Å². The minimum atomic E-state index is -0.250. The van der Waals surface area contributed by atoms with Crippen molar-refractivity contribution in [2.24, 2.45) is 0 Å². The number of hydrogen-bond donors (Lipinski definition) is 0. The number of rotatable bonds is 3. The third kappa shape index (κ3) is 3.07. The predicted molar refractivity (Wildman–Crippen MR) is 97.7 cm³/mol. The van der Waals surface area contributed by atoms with Crippen LogP contribution in [0.3, 0.4) is 0 Å². The molecule has 3 aromatic rings. The van der Waals surface area contributed by atoms with Crippen LogP contribution in [0.4, 0.5) is 10.1 Å². The lowest BCUT2D eigenvalue weighted by Gasteiger charge is -2.21. The number of thiazole rings is 1. The molecule has 126 valence electrons. The van der Waals surface area contributed by atoms with Crippen LogP contribution in [0.15, 0.2) is 54.7 Å². The van der Waals surface area contributed by atoms with Crippen LogP contribution in [-0.2, 0) is 12.8 Å². The molecule has 0 unspecified atom stereocenters. The highest BCUT2D eigenvalue weighted by molar-refractivity contribution is 7.13. The molecule has 0 N–H and O–H groups in total. The number of carbonyl (C=O) groups excluding carboxylic acids is 1. The Morgan fingerprint density at radius 1 is 1.24 bits per heavy atom. The van der Waals surface area contributed by atoms with Crippen LogP contribution < -0.4 is 4.90 Å². The van der Waals surface area contributed by atoms with E-state index in [1.807, 2.05) is 23.1 Å². The highest BCUT2D eigenvalue weighted by Gasteiger charge is 2.32. The Bertz CT molecular complexity index is 919. The molecular formula is C20H17FN2OS. The van der Waals surface area contributed by atoms with Gasteiger partial charge in [0.25, 0.3) is 5.91 Å². The quantitative estimate of drug-likeness (QED) is 0.697. The number of amides is 1. The molecule has 25 heavy (non-hydrogen) atoms. The zero-order valence-corrected chi connectivity index (χ0v) is 14.6. The normalized spacial score (nSPS) is 16.1. The Hall–Kier alpha value is -2.53. The van der Waals surface area contributed by atoms with Gasteiger partial charge in [0.1, 0.15) is 10.7 Å². The maximum Gasteiger partial charge on any atom is 0.270 e. The summed E-state index contributed by atoms with van der Waals surface area (Å²) in [6.45, 7) is 2.07. The van der Waals surface area contributed by atoms with Crippen LogP contribution in [0.5, 0.6) is 0 Å². The summed E-state index contributed by atoms with van der Waals surface area (Å²) in [4.78, 5) is 19.9. The van der Waals surface area contributed by atoms with E-state index in [1.165, 1.54) is 29.0 Å². The number of anilines is 1. The van der Waals surface area contributed by atoms with Crippen LogP contribution in [0.25, 0.3) is 0 Å². The SMILES string of the molecule is C[C@H]1Cc2ccccc2N1C(=O)c1cnc(Cc2ccc(F)cc2)s1. The molecule has 2 heterocycles. The summed E-state index contributed by atoms with van der Waals surface area (Å²) < 4.78 is 13.0. The second-order valence-corrected chi connectivity index (χ2v) is 7.39. The molecule has 5 heteroatoms. The molecule has 0 saturated carbocycles. The average molecular weight is 352 g/mol. The Morgan fingerprint density at radius 2 is 2.00 bits per heavy atom. The van der Waals surface area contributed by atoms with E-state index in [1.54, 1.807) is 18.3 Å². The standard InChI is InChI=1S/C20H17FN2OS/c1-13-10-15-4-2-3-5-17(15)23(13)20(24)18-12-22-19(25-18)11-14-6-8-16(21)9-7-14/h2-9,12-13H,10-11H2,1H3/t13-/m0/s1. The van der Waals surface area contributed by atoms with Gasteiger partial charge < -0.3 is 4.90 Å². The van der Waals surface area contributed by atoms with Gasteiger partial charge in [-0.2, -0.15) is 0 Å². The van der Waals surface area contributed by atoms with Crippen LogP contribution in [0.2, 0.25) is 0 Å². The van der Waals surface area contributed by atoms with Gasteiger partial charge in [-0.3, -0.25) is 4.79 Å². The fraction of sp³-hybridized carbons (Fsp3) is 0.200. The zero-order valence-electron chi connectivity index (χ0n) is 13.8. The minimum Gasteiger partial charge on any atom is -0.304 e. The first-order chi connectivity index (χ1) is 12.1. The molecule has 0 radical (unpaired) electrons. The van der Waals surface area contributed by atoms with Crippen molar-refractivity contribution in [3.8, 4) is 0 Å². The number of fused-ring (bicyclic) bond motifs is 1. The van der Waals surface area contributed by atoms with Gasteiger partial charge in [-0.25, -0.2) is 9.37 Å².